The van der Waals surface area contributed by atoms with Crippen molar-refractivity contribution in [2.45, 2.75) is 39.5 Å². The number of nitrogens with zero attached hydrogens (tertiary/aromatic N) is 2. The number of anilines is 1. The molecule has 1 aliphatic carbocycles. The topological polar surface area (TPSA) is 73.1 Å². The third-order valence-corrected chi connectivity index (χ3v) is 3.93. The second-order valence-corrected chi connectivity index (χ2v) is 5.59. The van der Waals surface area contributed by atoms with Gasteiger partial charge in [-0.3, -0.25) is 0 Å². The third kappa shape index (κ3) is 4.07. The molecule has 112 valence electrons. The van der Waals surface area contributed by atoms with Crippen LogP contribution in [0.25, 0.3) is 0 Å². The van der Waals surface area contributed by atoms with Crippen LogP contribution in [0, 0.1) is 18.8 Å². The van der Waals surface area contributed by atoms with Crippen molar-refractivity contribution < 1.29 is 4.74 Å². The lowest BCUT2D eigenvalue weighted by molar-refractivity contribution is 0.304. The van der Waals surface area contributed by atoms with Gasteiger partial charge in [0.05, 0.1) is 6.61 Å². The number of rotatable bonds is 7. The maximum Gasteiger partial charge on any atom is 0.226 e. The molecule has 0 aliphatic heterocycles. The molecule has 0 amide bonds. The van der Waals surface area contributed by atoms with E-state index in [4.69, 9.17) is 10.5 Å². The molecule has 0 spiro atoms. The Morgan fingerprint density at radius 2 is 2.15 bits per heavy atom. The summed E-state index contributed by atoms with van der Waals surface area (Å²) in [6, 6.07) is 1.87. The van der Waals surface area contributed by atoms with Gasteiger partial charge in [-0.05, 0) is 44.6 Å². The minimum atomic E-state index is 0.642. The monoisotopic (exact) mass is 278 g/mol. The lowest BCUT2D eigenvalue weighted by atomic mass is 9.96. The summed E-state index contributed by atoms with van der Waals surface area (Å²) >= 11 is 0. The van der Waals surface area contributed by atoms with Crippen molar-refractivity contribution in [2.24, 2.45) is 17.6 Å². The van der Waals surface area contributed by atoms with Gasteiger partial charge in [-0.2, -0.15) is 4.98 Å². The zero-order valence-electron chi connectivity index (χ0n) is 12.6. The molecule has 1 aliphatic rings. The van der Waals surface area contributed by atoms with Gasteiger partial charge < -0.3 is 15.8 Å². The highest BCUT2D eigenvalue weighted by Crippen LogP contribution is 2.30. The second kappa shape index (κ2) is 7.43. The zero-order valence-corrected chi connectivity index (χ0v) is 12.6. The van der Waals surface area contributed by atoms with E-state index in [1.54, 1.807) is 0 Å². The van der Waals surface area contributed by atoms with Crippen molar-refractivity contribution >= 4 is 5.95 Å². The molecule has 1 aromatic heterocycles. The van der Waals surface area contributed by atoms with Crippen molar-refractivity contribution in [3.05, 3.63) is 11.8 Å². The lowest BCUT2D eigenvalue weighted by Gasteiger charge is -2.18. The van der Waals surface area contributed by atoms with Gasteiger partial charge in [0.2, 0.25) is 11.8 Å². The lowest BCUT2D eigenvalue weighted by Crippen LogP contribution is -2.25. The molecule has 3 N–H and O–H groups in total. The fourth-order valence-electron chi connectivity index (χ4n) is 2.81. The van der Waals surface area contributed by atoms with Crippen LogP contribution >= 0.6 is 0 Å². The average Bonchev–Trinajstić information content (AvgIpc) is 2.90. The van der Waals surface area contributed by atoms with Crippen molar-refractivity contribution in [1.82, 2.24) is 9.97 Å². The number of ether oxygens (including phenoxy) is 1. The second-order valence-electron chi connectivity index (χ2n) is 5.59. The normalized spacial score (nSPS) is 21.9. The van der Waals surface area contributed by atoms with Crippen LogP contribution in [0.3, 0.4) is 0 Å². The number of hydrogen-bond acceptors (Lipinski definition) is 5. The number of hydrogen-bond donors (Lipinski definition) is 2. The Labute approximate surface area is 121 Å². The quantitative estimate of drug-likeness (QED) is 0.801. The highest BCUT2D eigenvalue weighted by atomic mass is 16.5. The summed E-state index contributed by atoms with van der Waals surface area (Å²) in [5, 5.41) is 3.35. The molecule has 1 heterocycles. The van der Waals surface area contributed by atoms with E-state index in [0.29, 0.717) is 30.3 Å². The molecule has 0 radical (unpaired) electrons. The van der Waals surface area contributed by atoms with Crippen LogP contribution in [0.1, 0.15) is 38.3 Å². The summed E-state index contributed by atoms with van der Waals surface area (Å²) in [5.74, 6) is 2.61. The van der Waals surface area contributed by atoms with Crippen molar-refractivity contribution in [3.8, 4) is 5.88 Å². The fourth-order valence-corrected chi connectivity index (χ4v) is 2.81. The summed E-state index contributed by atoms with van der Waals surface area (Å²) in [6.45, 7) is 6.42. The van der Waals surface area contributed by atoms with E-state index in [-0.39, 0.29) is 0 Å². The molecule has 5 heteroatoms. The van der Waals surface area contributed by atoms with Crippen molar-refractivity contribution in [1.29, 1.82) is 0 Å². The number of aryl methyl sites for hydroxylation is 1. The molecule has 5 nitrogen and oxygen atoms in total. The Morgan fingerprint density at radius 1 is 1.35 bits per heavy atom. The molecule has 1 aromatic rings. The predicted octanol–water partition coefficient (Wildman–Crippen LogP) is 2.36. The van der Waals surface area contributed by atoms with Crippen molar-refractivity contribution in [2.75, 3.05) is 25.0 Å². The number of nitrogens with two attached hydrogens (primary N) is 1. The molecule has 0 aromatic carbocycles. The van der Waals surface area contributed by atoms with E-state index in [1.807, 2.05) is 13.0 Å². The molecular formula is C15H26N4O. The van der Waals surface area contributed by atoms with E-state index in [2.05, 4.69) is 22.2 Å². The Bertz CT molecular complexity index is 424. The van der Waals surface area contributed by atoms with Gasteiger partial charge in [-0.15, -0.1) is 0 Å². The van der Waals surface area contributed by atoms with Gasteiger partial charge in [-0.1, -0.05) is 13.3 Å². The van der Waals surface area contributed by atoms with Gasteiger partial charge in [0.1, 0.15) is 0 Å². The minimum Gasteiger partial charge on any atom is -0.478 e. The summed E-state index contributed by atoms with van der Waals surface area (Å²) in [5.41, 5.74) is 6.74. The predicted molar refractivity (Wildman–Crippen MR) is 80.9 cm³/mol. The molecule has 0 bridgehead atoms. The standard InChI is InChI=1S/C15H26N4O/c1-3-7-20-14-8-11(2)18-15(19-14)17-10-13-6-4-5-12(13)9-16/h8,12-13H,3-7,9-10,16H2,1-2H3,(H,17,18,19). The highest BCUT2D eigenvalue weighted by Gasteiger charge is 2.25. The third-order valence-electron chi connectivity index (χ3n) is 3.93. The van der Waals surface area contributed by atoms with Gasteiger partial charge in [0, 0.05) is 18.3 Å². The molecule has 20 heavy (non-hydrogen) atoms. The first-order valence-electron chi connectivity index (χ1n) is 7.65. The number of aromatic nitrogens is 2. The van der Waals surface area contributed by atoms with Crippen LogP contribution in [0.15, 0.2) is 6.07 Å². The molecule has 1 fully saturated rings. The van der Waals surface area contributed by atoms with E-state index >= 15 is 0 Å². The molecule has 1 saturated carbocycles. The van der Waals surface area contributed by atoms with Crippen LogP contribution in [-0.2, 0) is 0 Å². The summed E-state index contributed by atoms with van der Waals surface area (Å²) in [7, 11) is 0. The zero-order chi connectivity index (χ0) is 14.4. The average molecular weight is 278 g/mol. The first-order valence-corrected chi connectivity index (χ1v) is 7.65. The van der Waals surface area contributed by atoms with Crippen LogP contribution < -0.4 is 15.8 Å². The van der Waals surface area contributed by atoms with Crippen LogP contribution in [0.2, 0.25) is 0 Å². The SMILES string of the molecule is CCCOc1cc(C)nc(NCC2CCCC2CN)n1. The molecule has 0 saturated heterocycles. The highest BCUT2D eigenvalue weighted by molar-refractivity contribution is 5.30. The summed E-state index contributed by atoms with van der Waals surface area (Å²) in [6.07, 6.45) is 4.77. The van der Waals surface area contributed by atoms with Crippen molar-refractivity contribution in [3.63, 3.8) is 0 Å². The summed E-state index contributed by atoms with van der Waals surface area (Å²) in [4.78, 5) is 8.83. The molecule has 2 atom stereocenters. The van der Waals surface area contributed by atoms with E-state index in [9.17, 15) is 0 Å². The Morgan fingerprint density at radius 3 is 2.90 bits per heavy atom. The Kier molecular flexibility index (Phi) is 5.59. The maximum atomic E-state index is 5.82. The van der Waals surface area contributed by atoms with Gasteiger partial charge >= 0.3 is 0 Å². The first kappa shape index (κ1) is 15.0. The minimum absolute atomic E-state index is 0.642. The molecule has 2 unspecified atom stereocenters. The van der Waals surface area contributed by atoms with Crippen LogP contribution in [0.5, 0.6) is 5.88 Å². The largest absolute Gasteiger partial charge is 0.478 e. The van der Waals surface area contributed by atoms with Crippen LogP contribution in [-0.4, -0.2) is 29.7 Å². The van der Waals surface area contributed by atoms with Gasteiger partial charge in [0.25, 0.3) is 0 Å². The molecular weight excluding hydrogens is 252 g/mol. The van der Waals surface area contributed by atoms with E-state index in [0.717, 1.165) is 25.2 Å². The fraction of sp³-hybridized carbons (Fsp3) is 0.733. The Balaban J connectivity index is 1.93. The molecule has 2 rings (SSSR count). The van der Waals surface area contributed by atoms with Crippen LogP contribution in [0.4, 0.5) is 5.95 Å². The van der Waals surface area contributed by atoms with E-state index in [1.165, 1.54) is 19.3 Å². The van der Waals surface area contributed by atoms with Gasteiger partial charge in [-0.25, -0.2) is 4.98 Å². The summed E-state index contributed by atoms with van der Waals surface area (Å²) < 4.78 is 5.58. The smallest absolute Gasteiger partial charge is 0.226 e. The number of nitrogens with one attached hydrogen (secondary N) is 1. The maximum absolute atomic E-state index is 5.82. The first-order chi connectivity index (χ1) is 9.72. The Hall–Kier alpha value is -1.36. The van der Waals surface area contributed by atoms with E-state index < -0.39 is 0 Å². The van der Waals surface area contributed by atoms with Gasteiger partial charge in [0.15, 0.2) is 0 Å².